The molecule has 1 aromatic carbocycles. The van der Waals surface area contributed by atoms with Crippen molar-refractivity contribution in [2.24, 2.45) is 0 Å². The minimum atomic E-state index is 0.188. The van der Waals surface area contributed by atoms with Crippen LogP contribution >= 0.6 is 15.9 Å². The van der Waals surface area contributed by atoms with Crippen LogP contribution in [0.15, 0.2) is 28.9 Å². The SMILES string of the molecule is COc1nc(N[C@H]2CCCc3c(Br)cccc32)cnc1C#N. The van der Waals surface area contributed by atoms with Gasteiger partial charge in [0.25, 0.3) is 5.88 Å². The Labute approximate surface area is 137 Å². The van der Waals surface area contributed by atoms with Crippen molar-refractivity contribution in [2.45, 2.75) is 25.3 Å². The van der Waals surface area contributed by atoms with Crippen LogP contribution < -0.4 is 10.1 Å². The molecule has 0 radical (unpaired) electrons. The average molecular weight is 359 g/mol. The molecule has 0 saturated carbocycles. The number of rotatable bonds is 3. The third kappa shape index (κ3) is 2.77. The van der Waals surface area contributed by atoms with Gasteiger partial charge in [-0.2, -0.15) is 10.2 Å². The first-order valence-electron chi connectivity index (χ1n) is 7.08. The highest BCUT2D eigenvalue weighted by Gasteiger charge is 2.22. The van der Waals surface area contributed by atoms with Gasteiger partial charge in [0, 0.05) is 4.47 Å². The number of nitriles is 1. The molecule has 1 aliphatic carbocycles. The molecule has 1 heterocycles. The van der Waals surface area contributed by atoms with Crippen LogP contribution in [0.4, 0.5) is 5.82 Å². The predicted molar refractivity (Wildman–Crippen MR) is 86.7 cm³/mol. The molecule has 0 amide bonds. The topological polar surface area (TPSA) is 70.8 Å². The van der Waals surface area contributed by atoms with Crippen molar-refractivity contribution in [2.75, 3.05) is 12.4 Å². The van der Waals surface area contributed by atoms with E-state index in [0.29, 0.717) is 5.82 Å². The summed E-state index contributed by atoms with van der Waals surface area (Å²) in [6.07, 6.45) is 4.81. The molecule has 5 nitrogen and oxygen atoms in total. The lowest BCUT2D eigenvalue weighted by Crippen LogP contribution is -2.18. The van der Waals surface area contributed by atoms with Crippen molar-refractivity contribution >= 4 is 21.7 Å². The second-order valence-corrected chi connectivity index (χ2v) is 5.98. The number of halogens is 1. The maximum atomic E-state index is 8.96. The van der Waals surface area contributed by atoms with Gasteiger partial charge in [-0.15, -0.1) is 0 Å². The number of aromatic nitrogens is 2. The summed E-state index contributed by atoms with van der Waals surface area (Å²) in [4.78, 5) is 8.41. The van der Waals surface area contributed by atoms with Crippen LogP contribution in [0.1, 0.15) is 35.7 Å². The van der Waals surface area contributed by atoms with Crippen LogP contribution in [0, 0.1) is 11.3 Å². The lowest BCUT2D eigenvalue weighted by molar-refractivity contribution is 0.394. The van der Waals surface area contributed by atoms with Gasteiger partial charge in [0.2, 0.25) is 5.69 Å². The van der Waals surface area contributed by atoms with Gasteiger partial charge in [-0.25, -0.2) is 4.98 Å². The molecule has 0 saturated heterocycles. The molecule has 0 bridgehead atoms. The van der Waals surface area contributed by atoms with Gasteiger partial charge in [0.1, 0.15) is 11.9 Å². The Bertz CT molecular complexity index is 741. The minimum absolute atomic E-state index is 0.188. The van der Waals surface area contributed by atoms with E-state index in [2.05, 4.69) is 43.3 Å². The fourth-order valence-electron chi connectivity index (χ4n) is 2.79. The standard InChI is InChI=1S/C16H15BrN4O/c1-22-16-14(8-18)19-9-15(21-16)20-13-7-3-4-10-11(13)5-2-6-12(10)17/h2,5-6,9,13H,3-4,7H2,1H3,(H,20,21)/t13-/m0/s1. The largest absolute Gasteiger partial charge is 0.479 e. The normalized spacial score (nSPS) is 16.5. The summed E-state index contributed by atoms with van der Waals surface area (Å²) < 4.78 is 6.26. The van der Waals surface area contributed by atoms with E-state index < -0.39 is 0 Å². The van der Waals surface area contributed by atoms with Crippen LogP contribution in [0.25, 0.3) is 0 Å². The van der Waals surface area contributed by atoms with Gasteiger partial charge in [0.05, 0.1) is 19.3 Å². The molecule has 112 valence electrons. The van der Waals surface area contributed by atoms with Crippen LogP contribution in [-0.4, -0.2) is 17.1 Å². The average Bonchev–Trinajstić information content (AvgIpc) is 2.55. The lowest BCUT2D eigenvalue weighted by Gasteiger charge is -2.27. The highest BCUT2D eigenvalue weighted by atomic mass is 79.9. The van der Waals surface area contributed by atoms with Gasteiger partial charge < -0.3 is 10.1 Å². The molecule has 1 aromatic heterocycles. The predicted octanol–water partition coefficient (Wildman–Crippen LogP) is 3.61. The molecule has 6 heteroatoms. The summed E-state index contributed by atoms with van der Waals surface area (Å²) in [6, 6.07) is 8.42. The van der Waals surface area contributed by atoms with E-state index >= 15 is 0 Å². The third-order valence-electron chi connectivity index (χ3n) is 3.81. The van der Waals surface area contributed by atoms with E-state index in [-0.39, 0.29) is 17.6 Å². The Morgan fingerprint density at radius 2 is 2.32 bits per heavy atom. The minimum Gasteiger partial charge on any atom is -0.479 e. The number of nitrogens with one attached hydrogen (secondary N) is 1. The quantitative estimate of drug-likeness (QED) is 0.907. The Morgan fingerprint density at radius 3 is 3.09 bits per heavy atom. The summed E-state index contributed by atoms with van der Waals surface area (Å²) >= 11 is 3.62. The second kappa shape index (κ2) is 6.32. The van der Waals surface area contributed by atoms with E-state index in [1.54, 1.807) is 6.20 Å². The number of ether oxygens (including phenoxy) is 1. The summed E-state index contributed by atoms with van der Waals surface area (Å²) in [5, 5.41) is 12.4. The molecule has 0 fully saturated rings. The van der Waals surface area contributed by atoms with Crippen molar-refractivity contribution < 1.29 is 4.74 Å². The molecule has 1 aliphatic rings. The summed E-state index contributed by atoms with van der Waals surface area (Å²) in [5.74, 6) is 0.867. The number of hydrogen-bond donors (Lipinski definition) is 1. The Hall–Kier alpha value is -2.13. The number of anilines is 1. The Kier molecular flexibility index (Phi) is 4.25. The molecular formula is C16H15BrN4O. The molecule has 1 N–H and O–H groups in total. The monoisotopic (exact) mass is 358 g/mol. The summed E-state index contributed by atoms with van der Waals surface area (Å²) in [6.45, 7) is 0. The lowest BCUT2D eigenvalue weighted by atomic mass is 9.88. The molecule has 1 atom stereocenters. The zero-order valence-corrected chi connectivity index (χ0v) is 13.7. The van der Waals surface area contributed by atoms with Gasteiger partial charge >= 0.3 is 0 Å². The van der Waals surface area contributed by atoms with Crippen LogP contribution in [0.2, 0.25) is 0 Å². The number of fused-ring (bicyclic) bond motifs is 1. The number of nitrogens with zero attached hydrogens (tertiary/aromatic N) is 3. The molecular weight excluding hydrogens is 344 g/mol. The maximum absolute atomic E-state index is 8.96. The van der Waals surface area contributed by atoms with E-state index in [4.69, 9.17) is 10.00 Å². The third-order valence-corrected chi connectivity index (χ3v) is 4.55. The van der Waals surface area contributed by atoms with Gasteiger partial charge in [-0.05, 0) is 36.5 Å². The van der Waals surface area contributed by atoms with E-state index in [9.17, 15) is 0 Å². The van der Waals surface area contributed by atoms with Crippen molar-refractivity contribution in [3.8, 4) is 11.9 Å². The van der Waals surface area contributed by atoms with E-state index in [0.717, 1.165) is 23.7 Å². The number of hydrogen-bond acceptors (Lipinski definition) is 5. The number of benzene rings is 1. The molecule has 0 spiro atoms. The molecule has 0 unspecified atom stereocenters. The first kappa shape index (κ1) is 14.8. The zero-order chi connectivity index (χ0) is 15.5. The second-order valence-electron chi connectivity index (χ2n) is 5.12. The Balaban J connectivity index is 1.89. The van der Waals surface area contributed by atoms with Gasteiger partial charge in [-0.3, -0.25) is 0 Å². The zero-order valence-electron chi connectivity index (χ0n) is 12.1. The van der Waals surface area contributed by atoms with E-state index in [1.165, 1.54) is 18.2 Å². The van der Waals surface area contributed by atoms with Crippen LogP contribution in [0.5, 0.6) is 5.88 Å². The van der Waals surface area contributed by atoms with E-state index in [1.807, 2.05) is 12.1 Å². The molecule has 2 aromatic rings. The molecule has 3 rings (SSSR count). The van der Waals surface area contributed by atoms with Crippen molar-refractivity contribution in [3.63, 3.8) is 0 Å². The van der Waals surface area contributed by atoms with Crippen molar-refractivity contribution in [1.82, 2.24) is 9.97 Å². The summed E-state index contributed by atoms with van der Waals surface area (Å²) in [5.41, 5.74) is 2.82. The highest BCUT2D eigenvalue weighted by molar-refractivity contribution is 9.10. The van der Waals surface area contributed by atoms with Crippen molar-refractivity contribution in [1.29, 1.82) is 5.26 Å². The first-order chi connectivity index (χ1) is 10.7. The van der Waals surface area contributed by atoms with Gasteiger partial charge in [-0.1, -0.05) is 28.1 Å². The van der Waals surface area contributed by atoms with Crippen molar-refractivity contribution in [3.05, 3.63) is 45.7 Å². The summed E-state index contributed by atoms with van der Waals surface area (Å²) in [7, 11) is 1.49. The van der Waals surface area contributed by atoms with Crippen LogP contribution in [0.3, 0.4) is 0 Å². The smallest absolute Gasteiger partial charge is 0.252 e. The van der Waals surface area contributed by atoms with Gasteiger partial charge in [0.15, 0.2) is 0 Å². The fourth-order valence-corrected chi connectivity index (χ4v) is 3.37. The number of methoxy groups -OCH3 is 1. The highest BCUT2D eigenvalue weighted by Crippen LogP contribution is 2.35. The maximum Gasteiger partial charge on any atom is 0.252 e. The van der Waals surface area contributed by atoms with Crippen LogP contribution in [-0.2, 0) is 6.42 Å². The fraction of sp³-hybridized carbons (Fsp3) is 0.312. The molecule has 22 heavy (non-hydrogen) atoms. The Morgan fingerprint density at radius 1 is 1.45 bits per heavy atom. The first-order valence-corrected chi connectivity index (χ1v) is 7.87. The molecule has 0 aliphatic heterocycles.